The van der Waals surface area contributed by atoms with Crippen LogP contribution in [0.4, 0.5) is 11.4 Å². The molecule has 0 spiro atoms. The first-order valence-electron chi connectivity index (χ1n) is 10.9. The van der Waals surface area contributed by atoms with Crippen LogP contribution in [0.3, 0.4) is 0 Å². The first-order chi connectivity index (χ1) is 16.9. The number of phenols is 1. The number of hydrogen-bond acceptors (Lipinski definition) is 8. The van der Waals surface area contributed by atoms with Crippen LogP contribution in [-0.2, 0) is 19.2 Å². The van der Waals surface area contributed by atoms with E-state index in [9.17, 15) is 19.5 Å². The van der Waals surface area contributed by atoms with Crippen LogP contribution in [0.5, 0.6) is 11.5 Å². The van der Waals surface area contributed by atoms with Crippen molar-refractivity contribution < 1.29 is 33.8 Å². The van der Waals surface area contributed by atoms with E-state index in [1.165, 1.54) is 44.6 Å². The number of nitrogens with zero attached hydrogens (tertiary/aromatic N) is 2. The van der Waals surface area contributed by atoms with E-state index in [1.807, 2.05) is 30.3 Å². The average molecular weight is 474 g/mol. The van der Waals surface area contributed by atoms with E-state index in [2.05, 4.69) is 0 Å². The number of anilines is 2. The largest absolute Gasteiger partial charge is 0.504 e. The average Bonchev–Trinajstić information content (AvgIpc) is 3.40. The molecule has 3 atom stereocenters. The first-order valence-corrected chi connectivity index (χ1v) is 10.9. The molecule has 0 radical (unpaired) electrons. The molecule has 2 amide bonds. The number of para-hydroxylation sites is 1. The number of ether oxygens (including phenoxy) is 2. The molecule has 2 fully saturated rings. The Morgan fingerprint density at radius 2 is 1.63 bits per heavy atom. The summed E-state index contributed by atoms with van der Waals surface area (Å²) < 4.78 is 9.97. The lowest BCUT2D eigenvalue weighted by molar-refractivity contribution is -0.126. The zero-order chi connectivity index (χ0) is 24.7. The van der Waals surface area contributed by atoms with Gasteiger partial charge in [-0.3, -0.25) is 14.4 Å². The Morgan fingerprint density at radius 3 is 2.29 bits per heavy atom. The number of aromatic hydroxyl groups is 1. The lowest BCUT2D eigenvalue weighted by Crippen LogP contribution is -2.37. The van der Waals surface area contributed by atoms with E-state index in [4.69, 9.17) is 14.3 Å². The summed E-state index contributed by atoms with van der Waals surface area (Å²) >= 11 is 0. The molecule has 9 heteroatoms. The molecule has 1 N–H and O–H groups in total. The third-order valence-electron chi connectivity index (χ3n) is 6.22. The SMILES string of the molecule is COC(=O)c1ccc(N2C(=O)[C@H]3[C@H](ON(c4ccccc4)[C@@H]3c3ccc(O)c(OC)c3)C2=O)cc1. The lowest BCUT2D eigenvalue weighted by atomic mass is 9.90. The Bertz CT molecular complexity index is 1290. The third-order valence-corrected chi connectivity index (χ3v) is 6.22. The molecule has 178 valence electrons. The van der Waals surface area contributed by atoms with E-state index in [0.29, 0.717) is 22.5 Å². The molecule has 2 aliphatic heterocycles. The highest BCUT2D eigenvalue weighted by Crippen LogP contribution is 2.48. The minimum atomic E-state index is -1.05. The predicted octanol–water partition coefficient (Wildman–Crippen LogP) is 3.24. The summed E-state index contributed by atoms with van der Waals surface area (Å²) in [6.45, 7) is 0. The minimum absolute atomic E-state index is 0.0425. The van der Waals surface area contributed by atoms with E-state index >= 15 is 0 Å². The number of rotatable bonds is 5. The molecule has 35 heavy (non-hydrogen) atoms. The van der Waals surface area contributed by atoms with Gasteiger partial charge >= 0.3 is 5.97 Å². The molecule has 0 aliphatic carbocycles. The number of phenolic OH excluding ortho intramolecular Hbond substituents is 1. The maximum absolute atomic E-state index is 13.7. The number of methoxy groups -OCH3 is 2. The van der Waals surface area contributed by atoms with Crippen molar-refractivity contribution in [3.8, 4) is 11.5 Å². The number of fused-ring (bicyclic) bond motifs is 1. The van der Waals surface area contributed by atoms with Crippen LogP contribution >= 0.6 is 0 Å². The summed E-state index contributed by atoms with van der Waals surface area (Å²) in [5.74, 6) is -2.10. The lowest BCUT2D eigenvalue weighted by Gasteiger charge is -2.29. The maximum Gasteiger partial charge on any atom is 0.337 e. The van der Waals surface area contributed by atoms with Crippen LogP contribution in [0, 0.1) is 5.92 Å². The highest BCUT2D eigenvalue weighted by Gasteiger charge is 2.60. The van der Waals surface area contributed by atoms with Gasteiger partial charge in [0.1, 0.15) is 5.92 Å². The predicted molar refractivity (Wildman–Crippen MR) is 125 cm³/mol. The fourth-order valence-electron chi connectivity index (χ4n) is 4.55. The van der Waals surface area contributed by atoms with Crippen LogP contribution in [-0.4, -0.2) is 43.2 Å². The summed E-state index contributed by atoms with van der Waals surface area (Å²) in [7, 11) is 2.71. The van der Waals surface area contributed by atoms with Crippen LogP contribution < -0.4 is 14.7 Å². The summed E-state index contributed by atoms with van der Waals surface area (Å²) in [6.07, 6.45) is -1.05. The number of hydroxylamine groups is 1. The molecule has 0 aromatic heterocycles. The Morgan fingerprint density at radius 1 is 0.914 bits per heavy atom. The number of carbonyl (C=O) groups excluding carboxylic acids is 3. The minimum Gasteiger partial charge on any atom is -0.504 e. The number of amides is 2. The van der Waals surface area contributed by atoms with Gasteiger partial charge in [0, 0.05) is 0 Å². The molecular weight excluding hydrogens is 452 g/mol. The fourth-order valence-corrected chi connectivity index (χ4v) is 4.55. The number of carbonyl (C=O) groups is 3. The molecule has 2 heterocycles. The van der Waals surface area contributed by atoms with Crippen molar-refractivity contribution in [2.24, 2.45) is 5.92 Å². The fraction of sp³-hybridized carbons (Fsp3) is 0.192. The Labute approximate surface area is 201 Å². The van der Waals surface area contributed by atoms with Gasteiger partial charge in [0.2, 0.25) is 5.91 Å². The summed E-state index contributed by atoms with van der Waals surface area (Å²) in [6, 6.07) is 19.3. The molecule has 2 aliphatic rings. The van der Waals surface area contributed by atoms with Gasteiger partial charge in [-0.25, -0.2) is 14.8 Å². The van der Waals surface area contributed by atoms with Gasteiger partial charge in [-0.2, -0.15) is 0 Å². The first kappa shape index (κ1) is 22.4. The molecule has 0 unspecified atom stereocenters. The van der Waals surface area contributed by atoms with Gasteiger partial charge in [0.05, 0.1) is 37.2 Å². The molecule has 0 saturated carbocycles. The van der Waals surface area contributed by atoms with Crippen LogP contribution in [0.1, 0.15) is 22.0 Å². The van der Waals surface area contributed by atoms with Gasteiger partial charge in [-0.05, 0) is 54.1 Å². The van der Waals surface area contributed by atoms with Crippen LogP contribution in [0.2, 0.25) is 0 Å². The second kappa shape index (κ2) is 8.77. The smallest absolute Gasteiger partial charge is 0.337 e. The summed E-state index contributed by atoms with van der Waals surface area (Å²) in [5.41, 5.74) is 1.95. The van der Waals surface area contributed by atoms with Crippen molar-refractivity contribution >= 4 is 29.2 Å². The van der Waals surface area contributed by atoms with E-state index in [1.54, 1.807) is 17.2 Å². The second-order valence-electron chi connectivity index (χ2n) is 8.14. The third kappa shape index (κ3) is 3.66. The highest BCUT2D eigenvalue weighted by atomic mass is 16.7. The van der Waals surface area contributed by atoms with Gasteiger partial charge < -0.3 is 14.6 Å². The Kier molecular flexibility index (Phi) is 5.62. The molecule has 5 rings (SSSR count). The van der Waals surface area contributed by atoms with Crippen molar-refractivity contribution in [1.29, 1.82) is 0 Å². The number of hydrogen-bond donors (Lipinski definition) is 1. The molecule has 9 nitrogen and oxygen atoms in total. The molecule has 0 bridgehead atoms. The summed E-state index contributed by atoms with van der Waals surface area (Å²) in [5, 5.41) is 11.6. The van der Waals surface area contributed by atoms with Crippen LogP contribution in [0.15, 0.2) is 72.8 Å². The van der Waals surface area contributed by atoms with Crippen molar-refractivity contribution in [3.63, 3.8) is 0 Å². The quantitative estimate of drug-likeness (QED) is 0.444. The van der Waals surface area contributed by atoms with Crippen molar-refractivity contribution in [2.75, 3.05) is 24.2 Å². The van der Waals surface area contributed by atoms with Gasteiger partial charge in [0.25, 0.3) is 5.91 Å². The van der Waals surface area contributed by atoms with Crippen molar-refractivity contribution in [2.45, 2.75) is 12.1 Å². The number of imide groups is 1. The van der Waals surface area contributed by atoms with Gasteiger partial charge in [0.15, 0.2) is 17.6 Å². The van der Waals surface area contributed by atoms with Gasteiger partial charge in [-0.1, -0.05) is 24.3 Å². The summed E-state index contributed by atoms with van der Waals surface area (Å²) in [4.78, 5) is 46.0. The molecule has 2 saturated heterocycles. The van der Waals surface area contributed by atoms with Crippen molar-refractivity contribution in [1.82, 2.24) is 0 Å². The van der Waals surface area contributed by atoms with Crippen LogP contribution in [0.25, 0.3) is 0 Å². The molecule has 3 aromatic rings. The second-order valence-corrected chi connectivity index (χ2v) is 8.14. The zero-order valence-corrected chi connectivity index (χ0v) is 19.0. The topological polar surface area (TPSA) is 106 Å². The zero-order valence-electron chi connectivity index (χ0n) is 19.0. The van der Waals surface area contributed by atoms with Crippen molar-refractivity contribution in [3.05, 3.63) is 83.9 Å². The number of esters is 1. The normalized spacial score (nSPS) is 21.3. The molecular formula is C26H22N2O7. The monoisotopic (exact) mass is 474 g/mol. The van der Waals surface area contributed by atoms with E-state index in [-0.39, 0.29) is 11.5 Å². The Balaban J connectivity index is 1.55. The Hall–Kier alpha value is -4.37. The molecule has 3 aromatic carbocycles. The highest BCUT2D eigenvalue weighted by molar-refractivity contribution is 6.24. The maximum atomic E-state index is 13.7. The number of benzene rings is 3. The van der Waals surface area contributed by atoms with E-state index in [0.717, 1.165) is 4.90 Å². The van der Waals surface area contributed by atoms with Gasteiger partial charge in [-0.15, -0.1) is 0 Å². The standard InChI is InChI=1S/C26H22N2O7/c1-33-20-14-16(10-13-19(20)29)22-21-23(35-28(22)18-6-4-3-5-7-18)25(31)27(24(21)30)17-11-8-15(9-12-17)26(32)34-2/h3-14,21-23,29H,1-2H3/t21-,22-,23+/m1/s1. The van der Waals surface area contributed by atoms with E-state index < -0.39 is 35.8 Å².